The third-order valence-corrected chi connectivity index (χ3v) is 3.53. The molecule has 5 heteroatoms. The predicted octanol–water partition coefficient (Wildman–Crippen LogP) is 2.62. The number of nitrogens with two attached hydrogens (primary N) is 2. The Morgan fingerprint density at radius 2 is 1.84 bits per heavy atom. The number of carbonyl (C=O) groups is 1. The first-order valence-electron chi connectivity index (χ1n) is 6.48. The van der Waals surface area contributed by atoms with Crippen LogP contribution in [-0.4, -0.2) is 19.0 Å². The summed E-state index contributed by atoms with van der Waals surface area (Å²) in [4.78, 5) is 11.0. The lowest BCUT2D eigenvalue weighted by atomic mass is 10.0. The molecule has 0 saturated carbocycles. The van der Waals surface area contributed by atoms with Gasteiger partial charge in [-0.1, -0.05) is 36.7 Å². The topological polar surface area (TPSA) is 81.1 Å². The zero-order valence-corrected chi connectivity index (χ0v) is 13.7. The van der Waals surface area contributed by atoms with Gasteiger partial charge in [-0.05, 0) is 43.6 Å². The Balaban J connectivity index is 0.000000555. The van der Waals surface area contributed by atoms with Crippen LogP contribution < -0.4 is 16.8 Å². The van der Waals surface area contributed by atoms with Gasteiger partial charge in [0.25, 0.3) is 5.91 Å². The Kier molecular flexibility index (Phi) is 8.43. The standard InChI is InChI=1S/C10H13BrN2O.C4H11N/c1-3-6-5(2)9(12)7(10(13)14)4-8(6)11;1-3-5-4-2/h4H,3,12H2,1-2H3,(H2,13,14);5H,3-4H2,1-2H3. The normalized spacial score (nSPS) is 9.74. The fourth-order valence-electron chi connectivity index (χ4n) is 1.72. The minimum absolute atomic E-state index is 0.381. The molecular formula is C14H24BrN3O. The van der Waals surface area contributed by atoms with E-state index < -0.39 is 5.91 Å². The maximum atomic E-state index is 11.0. The van der Waals surface area contributed by atoms with E-state index in [0.717, 1.165) is 35.1 Å². The van der Waals surface area contributed by atoms with Gasteiger partial charge in [0.2, 0.25) is 0 Å². The highest BCUT2D eigenvalue weighted by Gasteiger charge is 2.13. The molecule has 0 aliphatic heterocycles. The van der Waals surface area contributed by atoms with Crippen LogP contribution in [-0.2, 0) is 6.42 Å². The summed E-state index contributed by atoms with van der Waals surface area (Å²) >= 11 is 3.40. The second-order valence-electron chi connectivity index (χ2n) is 4.10. The largest absolute Gasteiger partial charge is 0.398 e. The number of hydrogen-bond donors (Lipinski definition) is 3. The summed E-state index contributed by atoms with van der Waals surface area (Å²) in [5.41, 5.74) is 13.9. The van der Waals surface area contributed by atoms with Crippen LogP contribution in [0.5, 0.6) is 0 Å². The summed E-state index contributed by atoms with van der Waals surface area (Å²) in [7, 11) is 0. The van der Waals surface area contributed by atoms with Crippen LogP contribution in [0.15, 0.2) is 10.5 Å². The molecule has 1 aromatic carbocycles. The molecule has 0 aliphatic carbocycles. The fourth-order valence-corrected chi connectivity index (χ4v) is 2.53. The van der Waals surface area contributed by atoms with Crippen molar-refractivity contribution in [2.24, 2.45) is 5.73 Å². The molecule has 0 aliphatic rings. The van der Waals surface area contributed by atoms with Gasteiger partial charge in [-0.25, -0.2) is 0 Å². The van der Waals surface area contributed by atoms with Gasteiger partial charge in [0.15, 0.2) is 0 Å². The molecule has 0 aromatic heterocycles. The van der Waals surface area contributed by atoms with Crippen molar-refractivity contribution in [3.63, 3.8) is 0 Å². The number of carbonyl (C=O) groups excluding carboxylic acids is 1. The van der Waals surface area contributed by atoms with E-state index in [1.165, 1.54) is 0 Å². The lowest BCUT2D eigenvalue weighted by molar-refractivity contribution is 0.100. The Labute approximate surface area is 124 Å². The molecular weight excluding hydrogens is 306 g/mol. The van der Waals surface area contributed by atoms with E-state index in [2.05, 4.69) is 35.1 Å². The Bertz CT molecular complexity index is 431. The molecule has 0 atom stereocenters. The third kappa shape index (κ3) is 5.20. The number of primary amides is 1. The number of halogens is 1. The van der Waals surface area contributed by atoms with E-state index in [-0.39, 0.29) is 0 Å². The van der Waals surface area contributed by atoms with Gasteiger partial charge in [0.1, 0.15) is 0 Å². The summed E-state index contributed by atoms with van der Waals surface area (Å²) in [5, 5.41) is 3.11. The van der Waals surface area contributed by atoms with Crippen molar-refractivity contribution in [3.05, 3.63) is 27.2 Å². The van der Waals surface area contributed by atoms with Gasteiger partial charge in [-0.15, -0.1) is 0 Å². The molecule has 1 aromatic rings. The number of anilines is 1. The van der Waals surface area contributed by atoms with E-state index in [9.17, 15) is 4.79 Å². The molecule has 1 amide bonds. The monoisotopic (exact) mass is 329 g/mol. The fraction of sp³-hybridized carbons (Fsp3) is 0.500. The van der Waals surface area contributed by atoms with Crippen molar-refractivity contribution in [1.82, 2.24) is 5.32 Å². The van der Waals surface area contributed by atoms with E-state index >= 15 is 0 Å². The number of hydrogen-bond acceptors (Lipinski definition) is 3. The van der Waals surface area contributed by atoms with Crippen LogP contribution in [0.2, 0.25) is 0 Å². The molecule has 0 heterocycles. The minimum atomic E-state index is -0.492. The maximum Gasteiger partial charge on any atom is 0.250 e. The SMILES string of the molecule is CCNCC.CCc1c(Br)cc(C(N)=O)c(N)c1C. The summed E-state index contributed by atoms with van der Waals surface area (Å²) in [5.74, 6) is -0.492. The molecule has 1 rings (SSSR count). The second-order valence-corrected chi connectivity index (χ2v) is 4.95. The summed E-state index contributed by atoms with van der Waals surface area (Å²) in [6.07, 6.45) is 0.871. The van der Waals surface area contributed by atoms with E-state index in [1.807, 2.05) is 13.8 Å². The number of rotatable bonds is 4. The number of amides is 1. The van der Waals surface area contributed by atoms with Gasteiger partial charge in [-0.2, -0.15) is 0 Å². The Morgan fingerprint density at radius 1 is 1.32 bits per heavy atom. The molecule has 0 saturated heterocycles. The van der Waals surface area contributed by atoms with Crippen LogP contribution in [0.4, 0.5) is 5.69 Å². The van der Waals surface area contributed by atoms with E-state index in [1.54, 1.807) is 6.07 Å². The minimum Gasteiger partial charge on any atom is -0.398 e. The third-order valence-electron chi connectivity index (χ3n) is 2.83. The highest BCUT2D eigenvalue weighted by molar-refractivity contribution is 9.10. The molecule has 4 nitrogen and oxygen atoms in total. The quantitative estimate of drug-likeness (QED) is 0.742. The van der Waals surface area contributed by atoms with Gasteiger partial charge >= 0.3 is 0 Å². The summed E-state index contributed by atoms with van der Waals surface area (Å²) in [6.45, 7) is 10.3. The predicted molar refractivity (Wildman–Crippen MR) is 85.4 cm³/mol. The van der Waals surface area contributed by atoms with Crippen LogP contribution >= 0.6 is 15.9 Å². The number of benzene rings is 1. The van der Waals surface area contributed by atoms with Crippen molar-refractivity contribution >= 4 is 27.5 Å². The van der Waals surface area contributed by atoms with Gasteiger partial charge in [0, 0.05) is 10.2 Å². The molecule has 19 heavy (non-hydrogen) atoms. The van der Waals surface area contributed by atoms with Crippen LogP contribution in [0.3, 0.4) is 0 Å². The maximum absolute atomic E-state index is 11.0. The van der Waals surface area contributed by atoms with Crippen molar-refractivity contribution in [1.29, 1.82) is 0 Å². The summed E-state index contributed by atoms with van der Waals surface area (Å²) < 4.78 is 0.889. The molecule has 5 N–H and O–H groups in total. The molecule has 0 bridgehead atoms. The van der Waals surface area contributed by atoms with Crippen LogP contribution in [0, 0.1) is 6.92 Å². The molecule has 0 spiro atoms. The van der Waals surface area contributed by atoms with Crippen molar-refractivity contribution in [2.75, 3.05) is 18.8 Å². The zero-order chi connectivity index (χ0) is 15.0. The highest BCUT2D eigenvalue weighted by atomic mass is 79.9. The summed E-state index contributed by atoms with van der Waals surface area (Å²) in [6, 6.07) is 1.68. The number of nitrogens with one attached hydrogen (secondary N) is 1. The van der Waals surface area contributed by atoms with E-state index in [0.29, 0.717) is 11.3 Å². The average molecular weight is 330 g/mol. The number of nitrogen functional groups attached to an aromatic ring is 1. The van der Waals surface area contributed by atoms with Crippen LogP contribution in [0.25, 0.3) is 0 Å². The van der Waals surface area contributed by atoms with Gasteiger partial charge in [0.05, 0.1) is 5.56 Å². The van der Waals surface area contributed by atoms with Crippen molar-refractivity contribution < 1.29 is 4.79 Å². The zero-order valence-electron chi connectivity index (χ0n) is 12.1. The molecule has 0 radical (unpaired) electrons. The van der Waals surface area contributed by atoms with Crippen molar-refractivity contribution in [2.45, 2.75) is 34.1 Å². The van der Waals surface area contributed by atoms with Gasteiger partial charge < -0.3 is 16.8 Å². The molecule has 0 fully saturated rings. The van der Waals surface area contributed by atoms with E-state index in [4.69, 9.17) is 11.5 Å². The highest BCUT2D eigenvalue weighted by Crippen LogP contribution is 2.28. The lowest BCUT2D eigenvalue weighted by Gasteiger charge is -2.12. The first kappa shape index (κ1) is 17.9. The first-order valence-corrected chi connectivity index (χ1v) is 7.27. The second kappa shape index (κ2) is 8.93. The van der Waals surface area contributed by atoms with Crippen molar-refractivity contribution in [3.8, 4) is 0 Å². The Morgan fingerprint density at radius 3 is 2.16 bits per heavy atom. The smallest absolute Gasteiger partial charge is 0.250 e. The Hall–Kier alpha value is -1.07. The molecule has 108 valence electrons. The van der Waals surface area contributed by atoms with Gasteiger partial charge in [-0.3, -0.25) is 4.79 Å². The first-order chi connectivity index (χ1) is 8.90. The lowest BCUT2D eigenvalue weighted by Crippen LogP contribution is -2.15. The average Bonchev–Trinajstić information content (AvgIpc) is 2.36. The van der Waals surface area contributed by atoms with Crippen LogP contribution in [0.1, 0.15) is 42.3 Å². The molecule has 0 unspecified atom stereocenters.